The van der Waals surface area contributed by atoms with Gasteiger partial charge < -0.3 is 5.11 Å². The summed E-state index contributed by atoms with van der Waals surface area (Å²) in [6, 6.07) is 9.76. The molecular weight excluding hydrogens is 228 g/mol. The minimum absolute atomic E-state index is 0.123. The summed E-state index contributed by atoms with van der Waals surface area (Å²) in [5.41, 5.74) is 2.07. The van der Waals surface area contributed by atoms with Crippen LogP contribution in [0.15, 0.2) is 36.5 Å². The van der Waals surface area contributed by atoms with E-state index in [2.05, 4.69) is 10.3 Å². The highest BCUT2D eigenvalue weighted by Gasteiger charge is 2.29. The van der Waals surface area contributed by atoms with E-state index in [1.165, 1.54) is 0 Å². The molecule has 2 N–H and O–H groups in total. The van der Waals surface area contributed by atoms with Gasteiger partial charge in [0.2, 0.25) is 0 Å². The molecule has 18 heavy (non-hydrogen) atoms. The van der Waals surface area contributed by atoms with E-state index < -0.39 is 12.0 Å². The van der Waals surface area contributed by atoms with Gasteiger partial charge in [0.1, 0.15) is 6.04 Å². The van der Waals surface area contributed by atoms with Crippen molar-refractivity contribution in [3.8, 4) is 0 Å². The van der Waals surface area contributed by atoms with Crippen molar-refractivity contribution in [2.45, 2.75) is 24.9 Å². The lowest BCUT2D eigenvalue weighted by Crippen LogP contribution is -2.31. The lowest BCUT2D eigenvalue weighted by atomic mass is 10.0. The number of hydrogen-bond acceptors (Lipinski definition) is 3. The number of carboxylic acids is 1. The number of benzene rings is 1. The van der Waals surface area contributed by atoms with Crippen LogP contribution < -0.4 is 5.32 Å². The second-order valence-electron chi connectivity index (χ2n) is 4.64. The molecule has 0 saturated carbocycles. The minimum atomic E-state index is -0.767. The molecule has 1 aliphatic heterocycles. The van der Waals surface area contributed by atoms with E-state index >= 15 is 0 Å². The molecule has 92 valence electrons. The maximum absolute atomic E-state index is 10.9. The number of carboxylic acid groups (broad SMARTS) is 1. The molecule has 2 aromatic rings. The SMILES string of the molecule is O=C(O)C1CCC(c2ccc3cccnc3c2)N1. The first kappa shape index (κ1) is 11.2. The van der Waals surface area contributed by atoms with Crippen LogP contribution in [0, 0.1) is 0 Å². The Morgan fingerprint density at radius 1 is 1.33 bits per heavy atom. The Morgan fingerprint density at radius 2 is 2.22 bits per heavy atom. The molecular formula is C14H14N2O2. The predicted octanol–water partition coefficient (Wildman–Crippen LogP) is 2.11. The van der Waals surface area contributed by atoms with Crippen LogP contribution in [0.3, 0.4) is 0 Å². The van der Waals surface area contributed by atoms with Crippen molar-refractivity contribution in [1.82, 2.24) is 10.3 Å². The number of hydrogen-bond donors (Lipinski definition) is 2. The van der Waals surface area contributed by atoms with E-state index in [4.69, 9.17) is 5.11 Å². The Bertz CT molecular complexity index is 597. The van der Waals surface area contributed by atoms with Crippen molar-refractivity contribution >= 4 is 16.9 Å². The molecule has 1 aromatic heterocycles. The molecule has 2 heterocycles. The molecule has 0 aliphatic carbocycles. The summed E-state index contributed by atoms with van der Waals surface area (Å²) in [5.74, 6) is -0.767. The number of pyridine rings is 1. The molecule has 0 bridgehead atoms. The van der Waals surface area contributed by atoms with Crippen LogP contribution in [-0.4, -0.2) is 22.1 Å². The van der Waals surface area contributed by atoms with Crippen molar-refractivity contribution in [2.75, 3.05) is 0 Å². The Kier molecular flexibility index (Phi) is 2.72. The average molecular weight is 242 g/mol. The molecule has 2 atom stereocenters. The van der Waals surface area contributed by atoms with Crippen LogP contribution in [0.1, 0.15) is 24.4 Å². The summed E-state index contributed by atoms with van der Waals surface area (Å²) in [6.45, 7) is 0. The number of fused-ring (bicyclic) bond motifs is 1. The second-order valence-corrected chi connectivity index (χ2v) is 4.64. The third-order valence-electron chi connectivity index (χ3n) is 3.48. The van der Waals surface area contributed by atoms with Crippen molar-refractivity contribution in [3.63, 3.8) is 0 Å². The van der Waals surface area contributed by atoms with Gasteiger partial charge in [-0.2, -0.15) is 0 Å². The molecule has 1 aliphatic rings. The van der Waals surface area contributed by atoms with Crippen LogP contribution in [0.2, 0.25) is 0 Å². The number of aromatic nitrogens is 1. The van der Waals surface area contributed by atoms with Gasteiger partial charge in [0.25, 0.3) is 0 Å². The molecule has 4 heteroatoms. The van der Waals surface area contributed by atoms with E-state index in [1.807, 2.05) is 30.3 Å². The van der Waals surface area contributed by atoms with E-state index in [9.17, 15) is 4.79 Å². The molecule has 1 fully saturated rings. The zero-order valence-electron chi connectivity index (χ0n) is 9.84. The van der Waals surface area contributed by atoms with E-state index in [0.29, 0.717) is 6.42 Å². The largest absolute Gasteiger partial charge is 0.480 e. The monoisotopic (exact) mass is 242 g/mol. The maximum Gasteiger partial charge on any atom is 0.320 e. The van der Waals surface area contributed by atoms with Crippen LogP contribution in [0.5, 0.6) is 0 Å². The van der Waals surface area contributed by atoms with Crippen molar-refractivity contribution in [1.29, 1.82) is 0 Å². The molecule has 4 nitrogen and oxygen atoms in total. The summed E-state index contributed by atoms with van der Waals surface area (Å²) < 4.78 is 0. The van der Waals surface area contributed by atoms with E-state index in [-0.39, 0.29) is 6.04 Å². The zero-order chi connectivity index (χ0) is 12.5. The first-order chi connectivity index (χ1) is 8.74. The Hall–Kier alpha value is -1.94. The van der Waals surface area contributed by atoms with Crippen LogP contribution >= 0.6 is 0 Å². The van der Waals surface area contributed by atoms with Gasteiger partial charge in [-0.3, -0.25) is 15.1 Å². The fourth-order valence-corrected chi connectivity index (χ4v) is 2.50. The molecule has 3 rings (SSSR count). The van der Waals surface area contributed by atoms with Gasteiger partial charge in [0, 0.05) is 17.6 Å². The molecule has 0 amide bonds. The lowest BCUT2D eigenvalue weighted by Gasteiger charge is -2.12. The highest BCUT2D eigenvalue weighted by Crippen LogP contribution is 2.28. The fraction of sp³-hybridized carbons (Fsp3) is 0.286. The highest BCUT2D eigenvalue weighted by atomic mass is 16.4. The van der Waals surface area contributed by atoms with Crippen molar-refractivity contribution in [3.05, 3.63) is 42.1 Å². The Balaban J connectivity index is 1.89. The number of nitrogens with zero attached hydrogens (tertiary/aromatic N) is 1. The number of carbonyl (C=O) groups is 1. The molecule has 0 spiro atoms. The maximum atomic E-state index is 10.9. The quantitative estimate of drug-likeness (QED) is 0.846. The fourth-order valence-electron chi connectivity index (χ4n) is 2.50. The Morgan fingerprint density at radius 3 is 3.00 bits per heavy atom. The molecule has 0 radical (unpaired) electrons. The standard InChI is InChI=1S/C14H14N2O2/c17-14(18)12-6-5-11(16-12)10-4-3-9-2-1-7-15-13(9)8-10/h1-4,7-8,11-12,16H,5-6H2,(H,17,18). The smallest absolute Gasteiger partial charge is 0.320 e. The summed E-state index contributed by atoms with van der Waals surface area (Å²) in [4.78, 5) is 15.2. The summed E-state index contributed by atoms with van der Waals surface area (Å²) in [7, 11) is 0. The van der Waals surface area contributed by atoms with Gasteiger partial charge in [-0.05, 0) is 30.5 Å². The summed E-state index contributed by atoms with van der Waals surface area (Å²) >= 11 is 0. The van der Waals surface area contributed by atoms with Gasteiger partial charge in [-0.1, -0.05) is 18.2 Å². The van der Waals surface area contributed by atoms with Gasteiger partial charge in [0.05, 0.1) is 5.52 Å². The van der Waals surface area contributed by atoms with Gasteiger partial charge in [0.15, 0.2) is 0 Å². The third kappa shape index (κ3) is 1.95. The minimum Gasteiger partial charge on any atom is -0.480 e. The molecule has 1 saturated heterocycles. The van der Waals surface area contributed by atoms with Crippen LogP contribution in [0.25, 0.3) is 10.9 Å². The zero-order valence-corrected chi connectivity index (χ0v) is 9.84. The topological polar surface area (TPSA) is 62.2 Å². The first-order valence-electron chi connectivity index (χ1n) is 6.07. The van der Waals surface area contributed by atoms with E-state index in [0.717, 1.165) is 22.9 Å². The van der Waals surface area contributed by atoms with Crippen LogP contribution in [-0.2, 0) is 4.79 Å². The molecule has 2 unspecified atom stereocenters. The normalized spacial score (nSPS) is 23.3. The third-order valence-corrected chi connectivity index (χ3v) is 3.48. The highest BCUT2D eigenvalue weighted by molar-refractivity contribution is 5.79. The van der Waals surface area contributed by atoms with Crippen molar-refractivity contribution in [2.24, 2.45) is 0 Å². The predicted molar refractivity (Wildman–Crippen MR) is 68.3 cm³/mol. The van der Waals surface area contributed by atoms with Gasteiger partial charge in [-0.25, -0.2) is 0 Å². The average Bonchev–Trinajstić information content (AvgIpc) is 2.88. The van der Waals surface area contributed by atoms with Crippen LogP contribution in [0.4, 0.5) is 0 Å². The van der Waals surface area contributed by atoms with E-state index in [1.54, 1.807) is 6.20 Å². The Labute approximate surface area is 105 Å². The molecule has 1 aromatic carbocycles. The summed E-state index contributed by atoms with van der Waals surface area (Å²) in [6.07, 6.45) is 3.31. The number of nitrogens with one attached hydrogen (secondary N) is 1. The van der Waals surface area contributed by atoms with Gasteiger partial charge >= 0.3 is 5.97 Å². The lowest BCUT2D eigenvalue weighted by molar-refractivity contribution is -0.139. The van der Waals surface area contributed by atoms with Gasteiger partial charge in [-0.15, -0.1) is 0 Å². The van der Waals surface area contributed by atoms with Crippen molar-refractivity contribution < 1.29 is 9.90 Å². The number of aliphatic carboxylic acids is 1. The first-order valence-corrected chi connectivity index (χ1v) is 6.07. The second kappa shape index (κ2) is 4.38. The summed E-state index contributed by atoms with van der Waals surface area (Å²) in [5, 5.41) is 13.2. The number of rotatable bonds is 2.